The number of benzene rings is 2. The number of amides is 1. The fourth-order valence-corrected chi connectivity index (χ4v) is 2.38. The van der Waals surface area contributed by atoms with E-state index >= 15 is 0 Å². The lowest BCUT2D eigenvalue weighted by Crippen LogP contribution is -2.40. The smallest absolute Gasteiger partial charge is 0.259 e. The number of carbonyl (C=O) groups excluding carboxylic acids is 1. The normalized spacial score (nSPS) is 16.2. The van der Waals surface area contributed by atoms with Crippen LogP contribution in [0.2, 0.25) is 0 Å². The number of nitrogens with zero attached hydrogens (tertiary/aromatic N) is 2. The van der Waals surface area contributed by atoms with E-state index in [1.165, 1.54) is 23.1 Å². The summed E-state index contributed by atoms with van der Waals surface area (Å²) in [6, 6.07) is 14.5. The van der Waals surface area contributed by atoms with Gasteiger partial charge < -0.3 is 0 Å². The summed E-state index contributed by atoms with van der Waals surface area (Å²) in [6.07, 6.45) is 3.08. The highest BCUT2D eigenvalue weighted by atomic mass is 19.1. The Kier molecular flexibility index (Phi) is 3.25. The minimum atomic E-state index is -0.744. The molecule has 2 aromatic rings. The zero-order chi connectivity index (χ0) is 14.8. The number of hydrogen-bond donors (Lipinski definition) is 0. The van der Waals surface area contributed by atoms with Crippen molar-refractivity contribution in [2.75, 3.05) is 4.90 Å². The van der Waals surface area contributed by atoms with Gasteiger partial charge >= 0.3 is 0 Å². The molecule has 2 aromatic carbocycles. The van der Waals surface area contributed by atoms with Crippen LogP contribution >= 0.6 is 0 Å². The van der Waals surface area contributed by atoms with Gasteiger partial charge in [-0.1, -0.05) is 30.3 Å². The summed E-state index contributed by atoms with van der Waals surface area (Å²) < 4.78 is 13.9. The fraction of sp³-hybridized carbons (Fsp3) is 0.0588. The maximum Gasteiger partial charge on any atom is 0.259 e. The maximum absolute atomic E-state index is 13.9. The van der Waals surface area contributed by atoms with Gasteiger partial charge in [-0.2, -0.15) is 5.26 Å². The van der Waals surface area contributed by atoms with Crippen molar-refractivity contribution in [2.24, 2.45) is 0 Å². The van der Waals surface area contributed by atoms with Gasteiger partial charge in [0.2, 0.25) is 0 Å². The molecule has 1 amide bonds. The van der Waals surface area contributed by atoms with Gasteiger partial charge in [-0.3, -0.25) is 9.69 Å². The summed E-state index contributed by atoms with van der Waals surface area (Å²) in [6.45, 7) is 0. The highest BCUT2D eigenvalue weighted by Gasteiger charge is 2.29. The first-order valence-electron chi connectivity index (χ1n) is 6.47. The Morgan fingerprint density at radius 1 is 1.14 bits per heavy atom. The molecule has 0 bridgehead atoms. The molecule has 3 nitrogen and oxygen atoms in total. The molecule has 1 aliphatic heterocycles. The molecule has 3 rings (SSSR count). The Morgan fingerprint density at radius 2 is 1.90 bits per heavy atom. The van der Waals surface area contributed by atoms with Crippen LogP contribution in [0.25, 0.3) is 6.08 Å². The van der Waals surface area contributed by atoms with Crippen molar-refractivity contribution in [1.82, 2.24) is 0 Å². The van der Waals surface area contributed by atoms with E-state index in [9.17, 15) is 14.4 Å². The lowest BCUT2D eigenvalue weighted by Gasteiger charge is -2.30. The summed E-state index contributed by atoms with van der Waals surface area (Å²) in [7, 11) is 0. The van der Waals surface area contributed by atoms with Crippen LogP contribution in [0.1, 0.15) is 15.9 Å². The van der Waals surface area contributed by atoms with Gasteiger partial charge in [-0.25, -0.2) is 4.39 Å². The van der Waals surface area contributed by atoms with Crippen molar-refractivity contribution < 1.29 is 9.18 Å². The highest BCUT2D eigenvalue weighted by molar-refractivity contribution is 6.08. The van der Waals surface area contributed by atoms with Crippen LogP contribution in [0.3, 0.4) is 0 Å². The molecule has 1 unspecified atom stereocenters. The van der Waals surface area contributed by atoms with Crippen LogP contribution in [0.5, 0.6) is 0 Å². The molecule has 0 fully saturated rings. The zero-order valence-corrected chi connectivity index (χ0v) is 11.0. The molecule has 4 heteroatoms. The molecular weight excluding hydrogens is 267 g/mol. The van der Waals surface area contributed by atoms with Crippen LogP contribution in [0, 0.1) is 17.1 Å². The monoisotopic (exact) mass is 278 g/mol. The molecule has 0 N–H and O–H groups in total. The Morgan fingerprint density at radius 3 is 2.62 bits per heavy atom. The predicted molar refractivity (Wildman–Crippen MR) is 78.1 cm³/mol. The minimum absolute atomic E-state index is 0.321. The third-order valence-corrected chi connectivity index (χ3v) is 3.38. The van der Waals surface area contributed by atoms with Crippen LogP contribution in [0.15, 0.2) is 54.6 Å². The molecule has 0 saturated carbocycles. The van der Waals surface area contributed by atoms with Gasteiger partial charge in [0.25, 0.3) is 5.91 Å². The highest BCUT2D eigenvalue weighted by Crippen LogP contribution is 2.31. The Hall–Kier alpha value is -2.93. The molecule has 1 aliphatic rings. The van der Waals surface area contributed by atoms with E-state index in [0.717, 1.165) is 0 Å². The topological polar surface area (TPSA) is 44.1 Å². The summed E-state index contributed by atoms with van der Waals surface area (Å²) in [4.78, 5) is 14.0. The third kappa shape index (κ3) is 2.19. The Bertz CT molecular complexity index is 762. The first kappa shape index (κ1) is 13.1. The van der Waals surface area contributed by atoms with Gasteiger partial charge in [-0.15, -0.1) is 0 Å². The van der Waals surface area contributed by atoms with Crippen LogP contribution in [-0.4, -0.2) is 11.9 Å². The number of nitriles is 1. The van der Waals surface area contributed by atoms with Crippen molar-refractivity contribution in [3.63, 3.8) is 0 Å². The molecular formula is C17H11FN2O. The zero-order valence-electron chi connectivity index (χ0n) is 11.0. The number of rotatable bonds is 1. The SMILES string of the molecule is N#CC1C=Cc2c(F)cccc2N1C(=O)c1ccccc1. The third-order valence-electron chi connectivity index (χ3n) is 3.38. The van der Waals surface area contributed by atoms with Crippen molar-refractivity contribution in [3.8, 4) is 6.07 Å². The molecule has 0 aliphatic carbocycles. The van der Waals surface area contributed by atoms with Crippen molar-refractivity contribution in [3.05, 3.63) is 71.6 Å². The lowest BCUT2D eigenvalue weighted by molar-refractivity contribution is 0.0985. The number of anilines is 1. The Labute approximate surface area is 121 Å². The van der Waals surface area contributed by atoms with Crippen molar-refractivity contribution in [1.29, 1.82) is 5.26 Å². The van der Waals surface area contributed by atoms with Crippen LogP contribution in [0.4, 0.5) is 10.1 Å². The van der Waals surface area contributed by atoms with E-state index < -0.39 is 11.9 Å². The van der Waals surface area contributed by atoms with Gasteiger partial charge in [0.1, 0.15) is 11.9 Å². The average Bonchev–Trinajstić information content (AvgIpc) is 2.54. The van der Waals surface area contributed by atoms with E-state index in [1.807, 2.05) is 6.07 Å². The maximum atomic E-state index is 13.9. The second-order valence-electron chi connectivity index (χ2n) is 4.65. The summed E-state index contributed by atoms with van der Waals surface area (Å²) in [5, 5.41) is 9.26. The average molecular weight is 278 g/mol. The van der Waals surface area contributed by atoms with Crippen molar-refractivity contribution >= 4 is 17.7 Å². The molecule has 0 saturated heterocycles. The first-order chi connectivity index (χ1) is 10.2. The van der Waals surface area contributed by atoms with Gasteiger partial charge in [0.05, 0.1) is 11.8 Å². The standard InChI is InChI=1S/C17H11FN2O/c18-15-7-4-8-16-14(15)10-9-13(11-19)20(16)17(21)12-5-2-1-3-6-12/h1-10,13H. The van der Waals surface area contributed by atoms with Crippen molar-refractivity contribution in [2.45, 2.75) is 6.04 Å². The van der Waals surface area contributed by atoms with Gasteiger partial charge in [0.15, 0.2) is 0 Å². The number of hydrogen-bond acceptors (Lipinski definition) is 2. The molecule has 0 spiro atoms. The number of carbonyl (C=O) groups is 1. The second-order valence-corrected chi connectivity index (χ2v) is 4.65. The molecule has 0 radical (unpaired) electrons. The quantitative estimate of drug-likeness (QED) is 0.802. The molecule has 1 heterocycles. The van der Waals surface area contributed by atoms with E-state index in [4.69, 9.17) is 0 Å². The van der Waals surface area contributed by atoms with E-state index in [2.05, 4.69) is 6.07 Å². The largest absolute Gasteiger partial charge is 0.288 e. The van der Waals surface area contributed by atoms with Gasteiger partial charge in [-0.05, 0) is 30.3 Å². The Balaban J connectivity index is 2.12. The van der Waals surface area contributed by atoms with Crippen LogP contribution < -0.4 is 4.90 Å². The molecule has 102 valence electrons. The van der Waals surface area contributed by atoms with Gasteiger partial charge in [0, 0.05) is 11.1 Å². The molecule has 0 aromatic heterocycles. The van der Waals surface area contributed by atoms with E-state index in [1.54, 1.807) is 36.4 Å². The van der Waals surface area contributed by atoms with Crippen LogP contribution in [-0.2, 0) is 0 Å². The minimum Gasteiger partial charge on any atom is -0.288 e. The molecule has 1 atom stereocenters. The lowest BCUT2D eigenvalue weighted by atomic mass is 10.0. The summed E-state index contributed by atoms with van der Waals surface area (Å²) >= 11 is 0. The number of fused-ring (bicyclic) bond motifs is 1. The second kappa shape index (κ2) is 5.22. The van der Waals surface area contributed by atoms with E-state index in [0.29, 0.717) is 16.8 Å². The predicted octanol–water partition coefficient (Wildman–Crippen LogP) is 3.39. The number of halogens is 1. The summed E-state index contributed by atoms with van der Waals surface area (Å²) in [5.74, 6) is -0.732. The summed E-state index contributed by atoms with van der Waals surface area (Å²) in [5.41, 5.74) is 1.20. The van der Waals surface area contributed by atoms with E-state index in [-0.39, 0.29) is 5.91 Å². The molecule has 21 heavy (non-hydrogen) atoms. The fourth-order valence-electron chi connectivity index (χ4n) is 2.38. The first-order valence-corrected chi connectivity index (χ1v) is 6.47.